The Balaban J connectivity index is 0.00000341. The van der Waals surface area contributed by atoms with Crippen LogP contribution in [0.25, 0.3) is 0 Å². The fourth-order valence-corrected chi connectivity index (χ4v) is 3.78. The van der Waals surface area contributed by atoms with E-state index in [1.54, 1.807) is 38.2 Å². The van der Waals surface area contributed by atoms with Crippen molar-refractivity contribution in [2.24, 2.45) is 4.99 Å². The zero-order valence-electron chi connectivity index (χ0n) is 18.1. The Hall–Kier alpha value is -2.14. The number of hydrogen-bond acceptors (Lipinski definition) is 4. The normalized spacial score (nSPS) is 15.6. The first-order valence-corrected chi connectivity index (χ1v) is 10.0. The molecule has 6 nitrogen and oxygen atoms in total. The van der Waals surface area contributed by atoms with E-state index in [2.05, 4.69) is 20.1 Å². The number of nitrogens with zero attached hydrogens (tertiary/aromatic N) is 4. The Kier molecular flexibility index (Phi) is 9.30. The van der Waals surface area contributed by atoms with E-state index in [1.807, 2.05) is 12.1 Å². The van der Waals surface area contributed by atoms with Gasteiger partial charge in [0.2, 0.25) is 0 Å². The zero-order chi connectivity index (χ0) is 21.7. The number of guanidine groups is 1. The van der Waals surface area contributed by atoms with Gasteiger partial charge in [0, 0.05) is 45.3 Å². The number of piperazine rings is 1. The molecular weight excluding hydrogens is 515 g/mol. The summed E-state index contributed by atoms with van der Waals surface area (Å²) in [5, 5.41) is 13.3. The first-order chi connectivity index (χ1) is 14.4. The zero-order valence-corrected chi connectivity index (χ0v) is 20.4. The molecule has 2 aromatic rings. The van der Waals surface area contributed by atoms with E-state index in [9.17, 15) is 13.9 Å². The molecule has 1 unspecified atom stereocenters. The summed E-state index contributed by atoms with van der Waals surface area (Å²) in [4.78, 5) is 10.4. The molecule has 0 amide bonds. The monoisotopic (exact) mass is 545 g/mol. The van der Waals surface area contributed by atoms with E-state index in [-0.39, 0.29) is 35.3 Å². The predicted molar refractivity (Wildman–Crippen MR) is 131 cm³/mol. The van der Waals surface area contributed by atoms with Gasteiger partial charge >= 0.3 is 0 Å². The first-order valence-electron chi connectivity index (χ1n) is 10.0. The van der Waals surface area contributed by atoms with Gasteiger partial charge in [-0.1, -0.05) is 18.2 Å². The smallest absolute Gasteiger partial charge is 0.193 e. The number of phenols is 1. The van der Waals surface area contributed by atoms with Crippen LogP contribution >= 0.6 is 24.0 Å². The number of para-hydroxylation sites is 2. The maximum Gasteiger partial charge on any atom is 0.193 e. The number of benzene rings is 2. The van der Waals surface area contributed by atoms with Gasteiger partial charge in [-0.2, -0.15) is 0 Å². The van der Waals surface area contributed by atoms with Crippen LogP contribution in [-0.4, -0.2) is 74.7 Å². The number of rotatable bonds is 5. The third kappa shape index (κ3) is 5.97. The lowest BCUT2D eigenvalue weighted by molar-refractivity contribution is 0.278. The van der Waals surface area contributed by atoms with Crippen LogP contribution in [0.4, 0.5) is 14.5 Å². The molecule has 0 aliphatic carbocycles. The van der Waals surface area contributed by atoms with Gasteiger partial charge in [-0.25, -0.2) is 8.78 Å². The molecule has 3 rings (SSSR count). The highest BCUT2D eigenvalue weighted by Crippen LogP contribution is 2.27. The second-order valence-corrected chi connectivity index (χ2v) is 7.51. The number of phenolic OH excluding ortho intramolecular Hbond substituents is 1. The van der Waals surface area contributed by atoms with Crippen molar-refractivity contribution in [2.45, 2.75) is 6.04 Å². The van der Waals surface area contributed by atoms with Gasteiger partial charge in [0.1, 0.15) is 17.4 Å². The molecule has 1 aliphatic heterocycles. The van der Waals surface area contributed by atoms with Crippen LogP contribution in [0.15, 0.2) is 47.5 Å². The highest BCUT2D eigenvalue weighted by molar-refractivity contribution is 14.0. The van der Waals surface area contributed by atoms with Crippen molar-refractivity contribution in [3.05, 3.63) is 59.7 Å². The number of hydrogen-bond donors (Lipinski definition) is 2. The molecule has 1 fully saturated rings. The van der Waals surface area contributed by atoms with Crippen molar-refractivity contribution in [3.63, 3.8) is 0 Å². The van der Waals surface area contributed by atoms with E-state index in [4.69, 9.17) is 0 Å². The molecule has 0 saturated carbocycles. The summed E-state index contributed by atoms with van der Waals surface area (Å²) in [5.74, 6) is -0.145. The molecule has 1 saturated heterocycles. The van der Waals surface area contributed by atoms with Crippen LogP contribution < -0.4 is 10.2 Å². The number of anilines is 1. The van der Waals surface area contributed by atoms with Gasteiger partial charge in [-0.05, 0) is 38.4 Å². The molecule has 0 bridgehead atoms. The molecule has 31 heavy (non-hydrogen) atoms. The van der Waals surface area contributed by atoms with Crippen molar-refractivity contribution in [2.75, 3.05) is 58.8 Å². The van der Waals surface area contributed by atoms with Crippen molar-refractivity contribution in [1.82, 2.24) is 15.1 Å². The average molecular weight is 545 g/mol. The van der Waals surface area contributed by atoms with E-state index in [0.717, 1.165) is 18.8 Å². The summed E-state index contributed by atoms with van der Waals surface area (Å²) in [5.41, 5.74) is 0.873. The van der Waals surface area contributed by atoms with Crippen LogP contribution in [-0.2, 0) is 0 Å². The van der Waals surface area contributed by atoms with Crippen molar-refractivity contribution >= 4 is 35.6 Å². The fourth-order valence-electron chi connectivity index (χ4n) is 3.78. The number of halogens is 3. The number of aromatic hydroxyl groups is 1. The van der Waals surface area contributed by atoms with Crippen molar-refractivity contribution < 1.29 is 13.9 Å². The largest absolute Gasteiger partial charge is 0.506 e. The molecule has 1 aliphatic rings. The Labute approximate surface area is 199 Å². The van der Waals surface area contributed by atoms with Crippen molar-refractivity contribution in [3.8, 4) is 5.75 Å². The summed E-state index contributed by atoms with van der Waals surface area (Å²) in [7, 11) is 5.30. The Morgan fingerprint density at radius 1 is 1.06 bits per heavy atom. The van der Waals surface area contributed by atoms with Crippen LogP contribution in [0.5, 0.6) is 5.75 Å². The minimum Gasteiger partial charge on any atom is -0.506 e. The molecule has 1 heterocycles. The Morgan fingerprint density at radius 2 is 1.68 bits per heavy atom. The highest BCUT2D eigenvalue weighted by Gasteiger charge is 2.25. The lowest BCUT2D eigenvalue weighted by Crippen LogP contribution is -2.53. The summed E-state index contributed by atoms with van der Waals surface area (Å²) >= 11 is 0. The van der Waals surface area contributed by atoms with Gasteiger partial charge in [0.05, 0.1) is 11.7 Å². The number of aliphatic imine (C=N–C) groups is 1. The lowest BCUT2D eigenvalue weighted by atomic mass is 10.0. The first kappa shape index (κ1) is 25.1. The molecule has 0 radical (unpaired) electrons. The van der Waals surface area contributed by atoms with E-state index >= 15 is 0 Å². The van der Waals surface area contributed by atoms with E-state index in [0.29, 0.717) is 25.6 Å². The highest BCUT2D eigenvalue weighted by atomic mass is 127. The second-order valence-electron chi connectivity index (χ2n) is 7.51. The van der Waals surface area contributed by atoms with Crippen LogP contribution in [0, 0.1) is 11.6 Å². The topological polar surface area (TPSA) is 54.3 Å². The predicted octanol–water partition coefficient (Wildman–Crippen LogP) is 3.29. The quantitative estimate of drug-likeness (QED) is 0.343. The molecule has 0 spiro atoms. The molecular formula is C22H30F2IN5O. The van der Waals surface area contributed by atoms with Gasteiger partial charge in [0.25, 0.3) is 0 Å². The van der Waals surface area contributed by atoms with Crippen molar-refractivity contribution in [1.29, 1.82) is 0 Å². The van der Waals surface area contributed by atoms with Crippen LogP contribution in [0.1, 0.15) is 11.6 Å². The molecule has 0 aromatic heterocycles. The lowest BCUT2D eigenvalue weighted by Gasteiger charge is -2.38. The minimum atomic E-state index is -0.554. The van der Waals surface area contributed by atoms with E-state index < -0.39 is 17.7 Å². The summed E-state index contributed by atoms with van der Waals surface area (Å²) in [6, 6.07) is 10.8. The molecule has 9 heteroatoms. The van der Waals surface area contributed by atoms with E-state index in [1.165, 1.54) is 18.2 Å². The third-order valence-corrected chi connectivity index (χ3v) is 5.42. The second kappa shape index (κ2) is 11.5. The third-order valence-electron chi connectivity index (χ3n) is 5.42. The van der Waals surface area contributed by atoms with Gasteiger partial charge in [0.15, 0.2) is 5.96 Å². The number of likely N-dealkylation sites (N-methyl/N-ethyl adjacent to an activating group) is 1. The summed E-state index contributed by atoms with van der Waals surface area (Å²) < 4.78 is 28.6. The maximum atomic E-state index is 14.3. The average Bonchev–Trinajstić information content (AvgIpc) is 2.73. The SMILES string of the molecule is CN=C(NCC(c1c(F)cccc1F)N(C)C)N1CCN(c2ccccc2O)CC1.I. The molecule has 170 valence electrons. The van der Waals surface area contributed by atoms with Gasteiger partial charge in [-0.15, -0.1) is 24.0 Å². The van der Waals surface area contributed by atoms with Crippen LogP contribution in [0.3, 0.4) is 0 Å². The van der Waals surface area contributed by atoms with Crippen LogP contribution in [0.2, 0.25) is 0 Å². The maximum absolute atomic E-state index is 14.3. The molecule has 2 aromatic carbocycles. The van der Waals surface area contributed by atoms with Gasteiger partial charge < -0.3 is 25.1 Å². The standard InChI is InChI=1S/C22H29F2N5O.HI/c1-25-22(26-15-19(27(2)3)21-16(23)7-6-8-17(21)24)29-13-11-28(12-14-29)18-9-4-5-10-20(18)30;/h4-10,19,30H,11-15H2,1-3H3,(H,25,26);1H. The van der Waals surface area contributed by atoms with Gasteiger partial charge in [-0.3, -0.25) is 4.99 Å². The fraction of sp³-hybridized carbons (Fsp3) is 0.409. The summed E-state index contributed by atoms with van der Waals surface area (Å²) in [6.07, 6.45) is 0. The summed E-state index contributed by atoms with van der Waals surface area (Å²) in [6.45, 7) is 3.22. The Bertz CT molecular complexity index is 868. The molecule has 2 N–H and O–H groups in total. The number of nitrogens with one attached hydrogen (secondary N) is 1. The molecule has 1 atom stereocenters. The minimum absolute atomic E-state index is 0. The Morgan fingerprint density at radius 3 is 2.23 bits per heavy atom.